The van der Waals surface area contributed by atoms with Crippen molar-refractivity contribution in [2.75, 3.05) is 25.1 Å². The van der Waals surface area contributed by atoms with E-state index >= 15 is 0 Å². The third-order valence-electron chi connectivity index (χ3n) is 3.13. The van der Waals surface area contributed by atoms with E-state index in [0.717, 1.165) is 12.1 Å². The standard InChI is InChI=1S/C15H20N4O2/c1-18-10-7-14(17-18)15(20)19(9-4-8-16)12-5-3-6-13(11-12)21-2/h3,5-7,10-11H,4,8-9,16H2,1-2H3. The summed E-state index contributed by atoms with van der Waals surface area (Å²) in [5, 5.41) is 4.17. The number of ether oxygens (including phenoxy) is 1. The van der Waals surface area contributed by atoms with Gasteiger partial charge in [-0.05, 0) is 31.2 Å². The van der Waals surface area contributed by atoms with Crippen LogP contribution in [0.3, 0.4) is 0 Å². The Labute approximate surface area is 124 Å². The number of aryl methyl sites for hydroxylation is 1. The summed E-state index contributed by atoms with van der Waals surface area (Å²) >= 11 is 0. The van der Waals surface area contributed by atoms with Crippen LogP contribution in [0.4, 0.5) is 5.69 Å². The number of nitrogens with zero attached hydrogens (tertiary/aromatic N) is 3. The molecule has 2 aromatic rings. The van der Waals surface area contributed by atoms with Crippen LogP contribution in [-0.2, 0) is 7.05 Å². The van der Waals surface area contributed by atoms with Crippen molar-refractivity contribution in [2.24, 2.45) is 12.8 Å². The molecule has 2 rings (SSSR count). The van der Waals surface area contributed by atoms with Gasteiger partial charge in [0, 0.05) is 31.5 Å². The van der Waals surface area contributed by atoms with E-state index in [1.165, 1.54) is 0 Å². The summed E-state index contributed by atoms with van der Waals surface area (Å²) in [5.41, 5.74) is 6.76. The van der Waals surface area contributed by atoms with Crippen LogP contribution in [0.15, 0.2) is 36.5 Å². The van der Waals surface area contributed by atoms with Crippen LogP contribution >= 0.6 is 0 Å². The number of rotatable bonds is 6. The fourth-order valence-electron chi connectivity index (χ4n) is 2.04. The molecular formula is C15H20N4O2. The van der Waals surface area contributed by atoms with Crippen LogP contribution in [0.2, 0.25) is 0 Å². The number of carbonyl (C=O) groups excluding carboxylic acids is 1. The molecule has 1 aromatic heterocycles. The Morgan fingerprint density at radius 3 is 2.86 bits per heavy atom. The highest BCUT2D eigenvalue weighted by atomic mass is 16.5. The molecule has 0 aliphatic rings. The molecule has 1 heterocycles. The minimum atomic E-state index is -0.141. The van der Waals surface area contributed by atoms with Gasteiger partial charge in [-0.15, -0.1) is 0 Å². The van der Waals surface area contributed by atoms with Crippen molar-refractivity contribution in [2.45, 2.75) is 6.42 Å². The number of benzene rings is 1. The summed E-state index contributed by atoms with van der Waals surface area (Å²) in [6.07, 6.45) is 2.47. The highest BCUT2D eigenvalue weighted by Gasteiger charge is 2.19. The molecule has 0 aliphatic heterocycles. The van der Waals surface area contributed by atoms with E-state index in [0.29, 0.717) is 24.5 Å². The summed E-state index contributed by atoms with van der Waals surface area (Å²) in [5.74, 6) is 0.566. The van der Waals surface area contributed by atoms with Crippen molar-refractivity contribution in [1.82, 2.24) is 9.78 Å². The van der Waals surface area contributed by atoms with Gasteiger partial charge < -0.3 is 15.4 Å². The number of anilines is 1. The highest BCUT2D eigenvalue weighted by molar-refractivity contribution is 6.04. The Balaban J connectivity index is 2.30. The maximum Gasteiger partial charge on any atom is 0.278 e. The molecule has 1 aromatic carbocycles. The molecule has 0 saturated heterocycles. The molecule has 6 heteroatoms. The maximum atomic E-state index is 12.6. The van der Waals surface area contributed by atoms with Gasteiger partial charge in [0.05, 0.1) is 7.11 Å². The molecule has 112 valence electrons. The van der Waals surface area contributed by atoms with E-state index in [4.69, 9.17) is 10.5 Å². The normalized spacial score (nSPS) is 10.4. The first-order valence-electron chi connectivity index (χ1n) is 6.81. The predicted octanol–water partition coefficient (Wildman–Crippen LogP) is 1.42. The van der Waals surface area contributed by atoms with Crippen molar-refractivity contribution in [3.63, 3.8) is 0 Å². The topological polar surface area (TPSA) is 73.4 Å². The lowest BCUT2D eigenvalue weighted by atomic mass is 10.2. The second kappa shape index (κ2) is 6.90. The van der Waals surface area contributed by atoms with Gasteiger partial charge in [-0.2, -0.15) is 5.10 Å². The third kappa shape index (κ3) is 3.61. The fourth-order valence-corrected chi connectivity index (χ4v) is 2.04. The number of hydrogen-bond acceptors (Lipinski definition) is 4. The largest absolute Gasteiger partial charge is 0.497 e. The number of methoxy groups -OCH3 is 1. The Kier molecular flexibility index (Phi) is 4.94. The van der Waals surface area contributed by atoms with Crippen LogP contribution in [-0.4, -0.2) is 35.9 Å². The van der Waals surface area contributed by atoms with Gasteiger partial charge in [-0.25, -0.2) is 0 Å². The highest BCUT2D eigenvalue weighted by Crippen LogP contribution is 2.22. The lowest BCUT2D eigenvalue weighted by Gasteiger charge is -2.22. The smallest absolute Gasteiger partial charge is 0.278 e. The lowest BCUT2D eigenvalue weighted by Crippen LogP contribution is -2.33. The van der Waals surface area contributed by atoms with Gasteiger partial charge in [0.25, 0.3) is 5.91 Å². The fraction of sp³-hybridized carbons (Fsp3) is 0.333. The van der Waals surface area contributed by atoms with Gasteiger partial charge >= 0.3 is 0 Å². The zero-order valence-electron chi connectivity index (χ0n) is 12.3. The Hall–Kier alpha value is -2.34. The summed E-state index contributed by atoms with van der Waals surface area (Å²) < 4.78 is 6.83. The Morgan fingerprint density at radius 1 is 1.43 bits per heavy atom. The summed E-state index contributed by atoms with van der Waals surface area (Å²) in [7, 11) is 3.39. The van der Waals surface area contributed by atoms with Crippen LogP contribution in [0.5, 0.6) is 5.75 Å². The van der Waals surface area contributed by atoms with Crippen LogP contribution < -0.4 is 15.4 Å². The average Bonchev–Trinajstić information content (AvgIpc) is 2.94. The van der Waals surface area contributed by atoms with E-state index in [1.807, 2.05) is 24.3 Å². The van der Waals surface area contributed by atoms with E-state index < -0.39 is 0 Å². The minimum Gasteiger partial charge on any atom is -0.497 e. The molecule has 1 amide bonds. The van der Waals surface area contributed by atoms with Crippen molar-refractivity contribution >= 4 is 11.6 Å². The number of hydrogen-bond donors (Lipinski definition) is 1. The minimum absolute atomic E-state index is 0.141. The number of nitrogens with two attached hydrogens (primary N) is 1. The Morgan fingerprint density at radius 2 is 2.24 bits per heavy atom. The summed E-state index contributed by atoms with van der Waals surface area (Å²) in [4.78, 5) is 14.3. The molecule has 0 unspecified atom stereocenters. The lowest BCUT2D eigenvalue weighted by molar-refractivity contribution is 0.0981. The zero-order valence-corrected chi connectivity index (χ0v) is 12.3. The van der Waals surface area contributed by atoms with Crippen molar-refractivity contribution in [1.29, 1.82) is 0 Å². The first kappa shape index (κ1) is 15.1. The molecular weight excluding hydrogens is 268 g/mol. The van der Waals surface area contributed by atoms with Gasteiger partial charge in [-0.3, -0.25) is 9.48 Å². The molecule has 2 N–H and O–H groups in total. The molecule has 0 atom stereocenters. The molecule has 21 heavy (non-hydrogen) atoms. The van der Waals surface area contributed by atoms with Crippen LogP contribution in [0.25, 0.3) is 0 Å². The van der Waals surface area contributed by atoms with E-state index in [-0.39, 0.29) is 5.91 Å². The van der Waals surface area contributed by atoms with Gasteiger partial charge in [-0.1, -0.05) is 6.07 Å². The van der Waals surface area contributed by atoms with Crippen LogP contribution in [0, 0.1) is 0 Å². The predicted molar refractivity (Wildman–Crippen MR) is 81.5 cm³/mol. The van der Waals surface area contributed by atoms with Crippen LogP contribution in [0.1, 0.15) is 16.9 Å². The van der Waals surface area contributed by atoms with Gasteiger partial charge in [0.2, 0.25) is 0 Å². The average molecular weight is 288 g/mol. The second-order valence-corrected chi connectivity index (χ2v) is 4.68. The second-order valence-electron chi connectivity index (χ2n) is 4.68. The number of aromatic nitrogens is 2. The van der Waals surface area contributed by atoms with Crippen molar-refractivity contribution in [3.05, 3.63) is 42.2 Å². The quantitative estimate of drug-likeness (QED) is 0.872. The van der Waals surface area contributed by atoms with E-state index in [9.17, 15) is 4.79 Å². The first-order chi connectivity index (χ1) is 10.2. The van der Waals surface area contributed by atoms with E-state index in [1.54, 1.807) is 36.0 Å². The molecule has 0 aliphatic carbocycles. The monoisotopic (exact) mass is 288 g/mol. The maximum absolute atomic E-state index is 12.6. The van der Waals surface area contributed by atoms with Gasteiger partial charge in [0.1, 0.15) is 5.75 Å². The summed E-state index contributed by atoms with van der Waals surface area (Å²) in [6, 6.07) is 9.11. The summed E-state index contributed by atoms with van der Waals surface area (Å²) in [6.45, 7) is 1.06. The SMILES string of the molecule is COc1cccc(N(CCCN)C(=O)c2ccn(C)n2)c1. The molecule has 0 spiro atoms. The third-order valence-corrected chi connectivity index (χ3v) is 3.13. The molecule has 0 bridgehead atoms. The molecule has 0 radical (unpaired) electrons. The van der Waals surface area contributed by atoms with E-state index in [2.05, 4.69) is 5.10 Å². The molecule has 6 nitrogen and oxygen atoms in total. The number of carbonyl (C=O) groups is 1. The first-order valence-corrected chi connectivity index (χ1v) is 6.81. The van der Waals surface area contributed by atoms with Crippen molar-refractivity contribution < 1.29 is 9.53 Å². The van der Waals surface area contributed by atoms with Gasteiger partial charge in [0.15, 0.2) is 5.69 Å². The molecule has 0 fully saturated rings. The zero-order chi connectivity index (χ0) is 15.2. The molecule has 0 saturated carbocycles. The Bertz CT molecular complexity index is 609. The number of amides is 1. The van der Waals surface area contributed by atoms with Crippen molar-refractivity contribution in [3.8, 4) is 5.75 Å².